The van der Waals surface area contributed by atoms with E-state index in [2.05, 4.69) is 24.5 Å². The number of amides is 2. The summed E-state index contributed by atoms with van der Waals surface area (Å²) in [5.74, 6) is 1.13. The third-order valence-electron chi connectivity index (χ3n) is 6.12. The molecule has 34 heavy (non-hydrogen) atoms. The molecule has 1 saturated carbocycles. The van der Waals surface area contributed by atoms with Crippen LogP contribution in [-0.2, 0) is 0 Å². The standard InChI is InChI=1S/C28H38N2O4/c1-3-5-17-33-23-13-9-11-21(19-23)27(31)29-25-15-7-8-16-26(25)30-28(32)22-12-10-14-24(20-22)34-18-6-4-2/h9-14,19-20,25-26H,3-8,15-18H2,1-2H3,(H,29,31)(H,30,32). The summed E-state index contributed by atoms with van der Waals surface area (Å²) in [6.45, 7) is 5.52. The number of ether oxygens (including phenoxy) is 2. The highest BCUT2D eigenvalue weighted by atomic mass is 16.5. The molecule has 1 fully saturated rings. The van der Waals surface area contributed by atoms with Gasteiger partial charge in [-0.1, -0.05) is 51.7 Å². The fourth-order valence-electron chi connectivity index (χ4n) is 4.10. The van der Waals surface area contributed by atoms with E-state index in [9.17, 15) is 9.59 Å². The largest absolute Gasteiger partial charge is 0.494 e. The van der Waals surface area contributed by atoms with Gasteiger partial charge in [0.1, 0.15) is 11.5 Å². The second-order valence-corrected chi connectivity index (χ2v) is 8.90. The lowest BCUT2D eigenvalue weighted by Gasteiger charge is -2.33. The monoisotopic (exact) mass is 466 g/mol. The van der Waals surface area contributed by atoms with Crippen LogP contribution < -0.4 is 20.1 Å². The highest BCUT2D eigenvalue weighted by molar-refractivity contribution is 5.96. The van der Waals surface area contributed by atoms with Crippen molar-refractivity contribution in [3.63, 3.8) is 0 Å². The van der Waals surface area contributed by atoms with E-state index >= 15 is 0 Å². The number of carbonyl (C=O) groups excluding carboxylic acids is 2. The Morgan fingerprint density at radius 3 is 1.62 bits per heavy atom. The molecule has 6 heteroatoms. The smallest absolute Gasteiger partial charge is 0.251 e. The number of benzene rings is 2. The molecular weight excluding hydrogens is 428 g/mol. The Morgan fingerprint density at radius 2 is 1.21 bits per heavy atom. The molecule has 1 aliphatic rings. The molecule has 0 bridgehead atoms. The van der Waals surface area contributed by atoms with E-state index < -0.39 is 0 Å². The molecule has 2 aromatic carbocycles. The molecule has 0 aromatic heterocycles. The topological polar surface area (TPSA) is 76.7 Å². The molecule has 0 heterocycles. The molecule has 0 saturated heterocycles. The Bertz CT molecular complexity index is 855. The van der Waals surface area contributed by atoms with Crippen LogP contribution >= 0.6 is 0 Å². The summed E-state index contributed by atoms with van der Waals surface area (Å²) in [5.41, 5.74) is 1.14. The molecule has 2 N–H and O–H groups in total. The highest BCUT2D eigenvalue weighted by Gasteiger charge is 2.28. The maximum absolute atomic E-state index is 13.0. The van der Waals surface area contributed by atoms with Crippen LogP contribution in [0.5, 0.6) is 11.5 Å². The lowest BCUT2D eigenvalue weighted by Crippen LogP contribution is -2.53. The fraction of sp³-hybridized carbons (Fsp3) is 0.500. The van der Waals surface area contributed by atoms with Gasteiger partial charge in [-0.3, -0.25) is 9.59 Å². The number of rotatable bonds is 12. The van der Waals surface area contributed by atoms with Crippen molar-refractivity contribution in [2.75, 3.05) is 13.2 Å². The molecule has 2 aromatic rings. The third kappa shape index (κ3) is 7.79. The fourth-order valence-corrected chi connectivity index (χ4v) is 4.10. The summed E-state index contributed by atoms with van der Waals surface area (Å²) >= 11 is 0. The summed E-state index contributed by atoms with van der Waals surface area (Å²) in [4.78, 5) is 25.9. The van der Waals surface area contributed by atoms with E-state index in [0.29, 0.717) is 35.8 Å². The van der Waals surface area contributed by atoms with Gasteiger partial charge in [-0.05, 0) is 62.1 Å². The van der Waals surface area contributed by atoms with Gasteiger partial charge in [0.2, 0.25) is 0 Å². The van der Waals surface area contributed by atoms with Gasteiger partial charge in [0.05, 0.1) is 13.2 Å². The van der Waals surface area contributed by atoms with Gasteiger partial charge in [0.25, 0.3) is 11.8 Å². The summed E-state index contributed by atoms with van der Waals surface area (Å²) < 4.78 is 11.5. The van der Waals surface area contributed by atoms with Crippen LogP contribution in [0.3, 0.4) is 0 Å². The first-order chi connectivity index (χ1) is 16.6. The van der Waals surface area contributed by atoms with Crippen molar-refractivity contribution >= 4 is 11.8 Å². The predicted octanol–water partition coefficient (Wildman–Crippen LogP) is 5.52. The quantitative estimate of drug-likeness (QED) is 0.404. The summed E-state index contributed by atoms with van der Waals surface area (Å²) in [7, 11) is 0. The molecule has 3 rings (SSSR count). The molecule has 0 aliphatic heterocycles. The number of nitrogens with one attached hydrogen (secondary N) is 2. The van der Waals surface area contributed by atoms with Crippen LogP contribution in [0.4, 0.5) is 0 Å². The van der Waals surface area contributed by atoms with Crippen LogP contribution in [-0.4, -0.2) is 37.1 Å². The van der Waals surface area contributed by atoms with Gasteiger partial charge >= 0.3 is 0 Å². The van der Waals surface area contributed by atoms with Gasteiger partial charge in [-0.2, -0.15) is 0 Å². The first kappa shape index (κ1) is 25.6. The molecule has 2 unspecified atom stereocenters. The summed E-state index contributed by atoms with van der Waals surface area (Å²) in [6, 6.07) is 14.4. The molecule has 6 nitrogen and oxygen atoms in total. The zero-order valence-electron chi connectivity index (χ0n) is 20.5. The van der Waals surface area contributed by atoms with Crippen molar-refractivity contribution in [3.8, 4) is 11.5 Å². The number of hydrogen-bond acceptors (Lipinski definition) is 4. The maximum atomic E-state index is 13.0. The molecule has 0 spiro atoms. The minimum atomic E-state index is -0.140. The summed E-state index contributed by atoms with van der Waals surface area (Å²) in [5, 5.41) is 6.30. The first-order valence-electron chi connectivity index (χ1n) is 12.7. The molecule has 2 atom stereocenters. The second kappa shape index (κ2) is 13.6. The molecular formula is C28H38N2O4. The van der Waals surface area contributed by atoms with Crippen molar-refractivity contribution in [2.45, 2.75) is 77.3 Å². The lowest BCUT2D eigenvalue weighted by atomic mass is 9.89. The minimum absolute atomic E-state index is 0.112. The molecule has 184 valence electrons. The van der Waals surface area contributed by atoms with E-state index in [1.165, 1.54) is 0 Å². The Morgan fingerprint density at radius 1 is 0.765 bits per heavy atom. The number of unbranched alkanes of at least 4 members (excludes halogenated alkanes) is 2. The van der Waals surface area contributed by atoms with Gasteiger partial charge in [0.15, 0.2) is 0 Å². The Balaban J connectivity index is 1.60. The van der Waals surface area contributed by atoms with Crippen molar-refractivity contribution < 1.29 is 19.1 Å². The van der Waals surface area contributed by atoms with Crippen LogP contribution in [0.1, 0.15) is 85.9 Å². The van der Waals surface area contributed by atoms with E-state index in [0.717, 1.165) is 51.4 Å². The van der Waals surface area contributed by atoms with E-state index in [-0.39, 0.29) is 23.9 Å². The zero-order valence-corrected chi connectivity index (χ0v) is 20.5. The number of carbonyl (C=O) groups is 2. The summed E-state index contributed by atoms with van der Waals surface area (Å²) in [6.07, 6.45) is 7.81. The van der Waals surface area contributed by atoms with Crippen LogP contribution in [0, 0.1) is 0 Å². The van der Waals surface area contributed by atoms with E-state index in [4.69, 9.17) is 9.47 Å². The lowest BCUT2D eigenvalue weighted by molar-refractivity contribution is 0.0862. The maximum Gasteiger partial charge on any atom is 0.251 e. The molecule has 1 aliphatic carbocycles. The van der Waals surface area contributed by atoms with Crippen molar-refractivity contribution in [1.29, 1.82) is 0 Å². The number of hydrogen-bond donors (Lipinski definition) is 2. The van der Waals surface area contributed by atoms with Crippen LogP contribution in [0.2, 0.25) is 0 Å². The average Bonchev–Trinajstić information content (AvgIpc) is 2.86. The molecule has 2 amide bonds. The van der Waals surface area contributed by atoms with E-state index in [1.807, 2.05) is 24.3 Å². The van der Waals surface area contributed by atoms with Gasteiger partial charge < -0.3 is 20.1 Å². The Kier molecular flexibility index (Phi) is 10.3. The van der Waals surface area contributed by atoms with Crippen LogP contribution in [0.25, 0.3) is 0 Å². The van der Waals surface area contributed by atoms with Crippen molar-refractivity contribution in [1.82, 2.24) is 10.6 Å². The van der Waals surface area contributed by atoms with E-state index in [1.54, 1.807) is 24.3 Å². The Labute approximate surface area is 203 Å². The third-order valence-corrected chi connectivity index (χ3v) is 6.12. The zero-order chi connectivity index (χ0) is 24.2. The second-order valence-electron chi connectivity index (χ2n) is 8.90. The van der Waals surface area contributed by atoms with Gasteiger partial charge in [0, 0.05) is 23.2 Å². The van der Waals surface area contributed by atoms with Crippen molar-refractivity contribution in [2.24, 2.45) is 0 Å². The Hall–Kier alpha value is -3.02. The first-order valence-corrected chi connectivity index (χ1v) is 12.7. The average molecular weight is 467 g/mol. The normalized spacial score (nSPS) is 17.6. The van der Waals surface area contributed by atoms with Crippen molar-refractivity contribution in [3.05, 3.63) is 59.7 Å². The predicted molar refractivity (Wildman–Crippen MR) is 135 cm³/mol. The van der Waals surface area contributed by atoms with Gasteiger partial charge in [-0.15, -0.1) is 0 Å². The SMILES string of the molecule is CCCCOc1cccc(C(=O)NC2CCCCC2NC(=O)c2cccc(OCCCC)c2)c1. The minimum Gasteiger partial charge on any atom is -0.494 e. The van der Waals surface area contributed by atoms with Crippen LogP contribution in [0.15, 0.2) is 48.5 Å². The highest BCUT2D eigenvalue weighted by Crippen LogP contribution is 2.21. The molecule has 0 radical (unpaired) electrons. The van der Waals surface area contributed by atoms with Gasteiger partial charge in [-0.25, -0.2) is 0 Å².